The Hall–Kier alpha value is -1.56. The summed E-state index contributed by atoms with van der Waals surface area (Å²) in [5, 5.41) is 0. The summed E-state index contributed by atoms with van der Waals surface area (Å²) in [7, 11) is 0. The monoisotopic (exact) mass is 300 g/mol. The molecule has 0 aliphatic carbocycles. The van der Waals surface area contributed by atoms with Gasteiger partial charge in [-0.05, 0) is 18.2 Å². The van der Waals surface area contributed by atoms with Crippen molar-refractivity contribution in [3.8, 4) is 0 Å². The van der Waals surface area contributed by atoms with Crippen molar-refractivity contribution >= 4 is 21.7 Å². The fraction of sp³-hybridized carbons (Fsp3) is 0.0909. The first kappa shape index (κ1) is 11.9. The Morgan fingerprint density at radius 3 is 2.71 bits per heavy atom. The van der Waals surface area contributed by atoms with Crippen LogP contribution in [0, 0.1) is 11.6 Å². The number of hydrogen-bond acceptors (Lipinski definition) is 2. The average Bonchev–Trinajstić information content (AvgIpc) is 2.84. The molecule has 0 amide bonds. The van der Waals surface area contributed by atoms with Crippen molar-refractivity contribution in [3.05, 3.63) is 54.1 Å². The highest BCUT2D eigenvalue weighted by Crippen LogP contribution is 2.21. The van der Waals surface area contributed by atoms with Gasteiger partial charge in [0.05, 0.1) is 6.33 Å². The number of aromatic nitrogens is 2. The molecule has 1 aromatic carbocycles. The second kappa shape index (κ2) is 4.75. The van der Waals surface area contributed by atoms with Crippen LogP contribution >= 0.6 is 15.9 Å². The number of rotatable bonds is 3. The predicted octanol–water partition coefficient (Wildman–Crippen LogP) is 2.94. The van der Waals surface area contributed by atoms with E-state index in [0.29, 0.717) is 0 Å². The molecule has 1 unspecified atom stereocenters. The van der Waals surface area contributed by atoms with Gasteiger partial charge in [-0.15, -0.1) is 0 Å². The van der Waals surface area contributed by atoms with Crippen molar-refractivity contribution in [2.45, 2.75) is 4.95 Å². The molecule has 6 heteroatoms. The molecule has 17 heavy (non-hydrogen) atoms. The van der Waals surface area contributed by atoms with Gasteiger partial charge in [0.15, 0.2) is 22.4 Å². The van der Waals surface area contributed by atoms with Crippen LogP contribution in [-0.4, -0.2) is 15.3 Å². The van der Waals surface area contributed by atoms with Gasteiger partial charge >= 0.3 is 0 Å². The van der Waals surface area contributed by atoms with Crippen molar-refractivity contribution in [3.63, 3.8) is 0 Å². The predicted molar refractivity (Wildman–Crippen MR) is 60.9 cm³/mol. The maximum atomic E-state index is 13.0. The minimum atomic E-state index is -1.04. The van der Waals surface area contributed by atoms with Gasteiger partial charge in [-0.3, -0.25) is 4.79 Å². The average molecular weight is 301 g/mol. The zero-order valence-electron chi connectivity index (χ0n) is 8.48. The topological polar surface area (TPSA) is 34.9 Å². The minimum Gasteiger partial charge on any atom is -0.317 e. The highest BCUT2D eigenvalue weighted by atomic mass is 79.9. The molecule has 2 aromatic rings. The molecular weight excluding hydrogens is 294 g/mol. The Balaban J connectivity index is 2.28. The van der Waals surface area contributed by atoms with E-state index in [-0.39, 0.29) is 11.3 Å². The minimum absolute atomic E-state index is 0.0967. The van der Waals surface area contributed by atoms with E-state index < -0.39 is 16.6 Å². The summed E-state index contributed by atoms with van der Waals surface area (Å²) in [4.78, 5) is 15.0. The third kappa shape index (κ3) is 2.41. The third-order valence-electron chi connectivity index (χ3n) is 2.21. The smallest absolute Gasteiger partial charge is 0.196 e. The lowest BCUT2D eigenvalue weighted by Gasteiger charge is -2.10. The molecule has 0 aliphatic rings. The second-order valence-electron chi connectivity index (χ2n) is 3.34. The van der Waals surface area contributed by atoms with E-state index in [1.165, 1.54) is 23.2 Å². The van der Waals surface area contributed by atoms with E-state index in [9.17, 15) is 13.6 Å². The Bertz CT molecular complexity index is 542. The van der Waals surface area contributed by atoms with Crippen molar-refractivity contribution in [1.82, 2.24) is 9.55 Å². The van der Waals surface area contributed by atoms with Crippen LogP contribution in [-0.2, 0) is 0 Å². The maximum absolute atomic E-state index is 13.0. The van der Waals surface area contributed by atoms with Crippen molar-refractivity contribution in [2.24, 2.45) is 0 Å². The molecule has 0 saturated carbocycles. The van der Waals surface area contributed by atoms with E-state index in [1.54, 1.807) is 6.20 Å². The van der Waals surface area contributed by atoms with Crippen LogP contribution in [0.5, 0.6) is 0 Å². The Morgan fingerprint density at radius 1 is 1.35 bits per heavy atom. The van der Waals surface area contributed by atoms with Crippen LogP contribution in [0.4, 0.5) is 8.78 Å². The number of benzene rings is 1. The summed E-state index contributed by atoms with van der Waals surface area (Å²) in [6, 6.07) is 3.05. The molecule has 2 rings (SSSR count). The molecule has 0 bridgehead atoms. The van der Waals surface area contributed by atoms with Gasteiger partial charge in [0.1, 0.15) is 0 Å². The second-order valence-corrected chi connectivity index (χ2v) is 4.21. The molecule has 0 saturated heterocycles. The fourth-order valence-electron chi connectivity index (χ4n) is 1.33. The lowest BCUT2D eigenvalue weighted by molar-refractivity contribution is 0.0969. The lowest BCUT2D eigenvalue weighted by atomic mass is 10.1. The Kier molecular flexibility index (Phi) is 3.33. The molecule has 1 heterocycles. The summed E-state index contributed by atoms with van der Waals surface area (Å²) in [5.41, 5.74) is 0.0967. The van der Waals surface area contributed by atoms with Crippen LogP contribution < -0.4 is 0 Å². The van der Waals surface area contributed by atoms with Crippen molar-refractivity contribution in [1.29, 1.82) is 0 Å². The van der Waals surface area contributed by atoms with Crippen LogP contribution in [0.1, 0.15) is 15.3 Å². The SMILES string of the molecule is O=C(c1ccc(F)c(F)c1)C(Br)n1ccnc1. The number of nitrogens with zero attached hydrogens (tertiary/aromatic N) is 2. The highest BCUT2D eigenvalue weighted by molar-refractivity contribution is 9.09. The van der Waals surface area contributed by atoms with Crippen LogP contribution in [0.3, 0.4) is 0 Å². The maximum Gasteiger partial charge on any atom is 0.196 e. The van der Waals surface area contributed by atoms with Crippen LogP contribution in [0.2, 0.25) is 0 Å². The van der Waals surface area contributed by atoms with Crippen molar-refractivity contribution in [2.75, 3.05) is 0 Å². The lowest BCUT2D eigenvalue weighted by Crippen LogP contribution is -2.13. The standard InChI is InChI=1S/C11H7BrF2N2O/c12-11(16-4-3-15-6-16)10(17)7-1-2-8(13)9(14)5-7/h1-6,11H. The highest BCUT2D eigenvalue weighted by Gasteiger charge is 2.19. The van der Waals surface area contributed by atoms with Gasteiger partial charge in [-0.2, -0.15) is 0 Å². The number of carbonyl (C=O) groups excluding carboxylic acids is 1. The van der Waals surface area contributed by atoms with Crippen molar-refractivity contribution < 1.29 is 13.6 Å². The molecular formula is C11H7BrF2N2O. The molecule has 0 spiro atoms. The van der Waals surface area contributed by atoms with Gasteiger partial charge in [-0.1, -0.05) is 15.9 Å². The van der Waals surface area contributed by atoms with Gasteiger partial charge in [-0.25, -0.2) is 13.8 Å². The van der Waals surface area contributed by atoms with Gasteiger partial charge in [0.2, 0.25) is 0 Å². The molecule has 0 aliphatic heterocycles. The first-order chi connectivity index (χ1) is 8.09. The third-order valence-corrected chi connectivity index (χ3v) is 3.10. The van der Waals surface area contributed by atoms with E-state index in [0.717, 1.165) is 12.1 Å². The number of hydrogen-bond donors (Lipinski definition) is 0. The number of alkyl halides is 1. The number of ketones is 1. The summed E-state index contributed by atoms with van der Waals surface area (Å²) < 4.78 is 27.2. The first-order valence-corrected chi connectivity index (χ1v) is 5.62. The summed E-state index contributed by atoms with van der Waals surface area (Å²) in [5.74, 6) is -2.39. The zero-order chi connectivity index (χ0) is 12.4. The van der Waals surface area contributed by atoms with Crippen LogP contribution in [0.25, 0.3) is 0 Å². The molecule has 88 valence electrons. The largest absolute Gasteiger partial charge is 0.317 e. The van der Waals surface area contributed by atoms with E-state index in [2.05, 4.69) is 20.9 Å². The number of carbonyl (C=O) groups is 1. The van der Waals surface area contributed by atoms with E-state index >= 15 is 0 Å². The number of halogens is 3. The fourth-order valence-corrected chi connectivity index (χ4v) is 1.83. The first-order valence-electron chi connectivity index (χ1n) is 4.70. The zero-order valence-corrected chi connectivity index (χ0v) is 10.1. The number of imidazole rings is 1. The van der Waals surface area contributed by atoms with Gasteiger partial charge in [0.25, 0.3) is 0 Å². The normalized spacial score (nSPS) is 12.4. The Labute approximate surface area is 104 Å². The van der Waals surface area contributed by atoms with E-state index in [1.807, 2.05) is 0 Å². The van der Waals surface area contributed by atoms with E-state index in [4.69, 9.17) is 0 Å². The molecule has 0 radical (unpaired) electrons. The molecule has 0 N–H and O–H groups in total. The number of Topliss-reactive ketones (excluding diaryl/α,β-unsaturated/α-hetero) is 1. The van der Waals surface area contributed by atoms with Gasteiger partial charge in [0, 0.05) is 18.0 Å². The quantitative estimate of drug-likeness (QED) is 0.645. The van der Waals surface area contributed by atoms with Crippen LogP contribution in [0.15, 0.2) is 36.9 Å². The molecule has 0 fully saturated rings. The summed E-state index contributed by atoms with van der Waals surface area (Å²) in [6.07, 6.45) is 4.57. The summed E-state index contributed by atoms with van der Waals surface area (Å²) >= 11 is 3.17. The molecule has 3 nitrogen and oxygen atoms in total. The van der Waals surface area contributed by atoms with Gasteiger partial charge < -0.3 is 4.57 Å². The Morgan fingerprint density at radius 2 is 2.12 bits per heavy atom. The molecule has 1 aromatic heterocycles. The molecule has 1 atom stereocenters. The summed E-state index contributed by atoms with van der Waals surface area (Å²) in [6.45, 7) is 0.